The maximum absolute atomic E-state index is 12.6. The Hall–Kier alpha value is -2.48. The molecule has 1 aliphatic rings. The molecule has 0 atom stereocenters. The third-order valence-electron chi connectivity index (χ3n) is 4.32. The highest BCUT2D eigenvalue weighted by atomic mass is 32.2. The van der Waals surface area contributed by atoms with Crippen LogP contribution in [0.1, 0.15) is 11.1 Å². The molecular weight excluding hydrogens is 364 g/mol. The average molecular weight is 386 g/mol. The summed E-state index contributed by atoms with van der Waals surface area (Å²) in [5.74, 6) is -0.241. The standard InChI is InChI=1S/C20H22N2O4S/c1-16-4-2-3-5-19(16)21-20(23)11-8-17-6-9-18(10-7-17)27(24,25)22-12-14-26-15-13-22/h2-11H,12-15H2,1H3,(H,21,23)/b11-8+. The molecule has 0 aliphatic carbocycles. The third-order valence-corrected chi connectivity index (χ3v) is 6.23. The van der Waals surface area contributed by atoms with E-state index in [1.54, 1.807) is 30.3 Å². The Bertz CT molecular complexity index is 931. The minimum atomic E-state index is -3.51. The van der Waals surface area contributed by atoms with Gasteiger partial charge in [-0.05, 0) is 42.3 Å². The molecule has 7 heteroatoms. The lowest BCUT2D eigenvalue weighted by Gasteiger charge is -2.26. The number of carbonyl (C=O) groups is 1. The van der Waals surface area contributed by atoms with E-state index in [2.05, 4.69) is 5.32 Å². The SMILES string of the molecule is Cc1ccccc1NC(=O)/C=C/c1ccc(S(=O)(=O)N2CCOCC2)cc1. The van der Waals surface area contributed by atoms with Crippen molar-refractivity contribution in [3.63, 3.8) is 0 Å². The first kappa shape index (κ1) is 19.3. The Morgan fingerprint density at radius 2 is 1.74 bits per heavy atom. The molecule has 1 saturated heterocycles. The summed E-state index contributed by atoms with van der Waals surface area (Å²) in [7, 11) is -3.51. The number of nitrogens with one attached hydrogen (secondary N) is 1. The first-order chi connectivity index (χ1) is 13.0. The summed E-state index contributed by atoms with van der Waals surface area (Å²) in [6.45, 7) is 3.48. The van der Waals surface area contributed by atoms with Crippen LogP contribution in [0.4, 0.5) is 5.69 Å². The predicted octanol–water partition coefficient (Wildman–Crippen LogP) is 2.67. The van der Waals surface area contributed by atoms with E-state index < -0.39 is 10.0 Å². The van der Waals surface area contributed by atoms with Crippen molar-refractivity contribution in [1.82, 2.24) is 4.31 Å². The molecule has 2 aromatic rings. The number of ether oxygens (including phenoxy) is 1. The van der Waals surface area contributed by atoms with Gasteiger partial charge in [-0.25, -0.2) is 8.42 Å². The maximum Gasteiger partial charge on any atom is 0.248 e. The molecule has 6 nitrogen and oxygen atoms in total. The molecule has 0 radical (unpaired) electrons. The van der Waals surface area contributed by atoms with Crippen LogP contribution in [-0.4, -0.2) is 44.9 Å². The van der Waals surface area contributed by atoms with Crippen molar-refractivity contribution in [2.75, 3.05) is 31.6 Å². The van der Waals surface area contributed by atoms with Crippen LogP contribution in [0.5, 0.6) is 0 Å². The molecule has 0 spiro atoms. The van der Waals surface area contributed by atoms with Crippen LogP contribution in [0.15, 0.2) is 59.5 Å². The smallest absolute Gasteiger partial charge is 0.248 e. The Morgan fingerprint density at radius 1 is 1.07 bits per heavy atom. The van der Waals surface area contributed by atoms with Gasteiger partial charge in [-0.1, -0.05) is 30.3 Å². The van der Waals surface area contributed by atoms with Gasteiger partial charge in [0.05, 0.1) is 18.1 Å². The third kappa shape index (κ3) is 4.82. The molecule has 3 rings (SSSR count). The maximum atomic E-state index is 12.6. The van der Waals surface area contributed by atoms with Gasteiger partial charge in [0.2, 0.25) is 15.9 Å². The molecule has 2 aromatic carbocycles. The van der Waals surface area contributed by atoms with Crippen LogP contribution < -0.4 is 5.32 Å². The molecule has 1 fully saturated rings. The largest absolute Gasteiger partial charge is 0.379 e. The quantitative estimate of drug-likeness (QED) is 0.802. The molecular formula is C20H22N2O4S. The molecule has 0 saturated carbocycles. The first-order valence-corrected chi connectivity index (χ1v) is 10.1. The van der Waals surface area contributed by atoms with Crippen LogP contribution in [0, 0.1) is 6.92 Å². The topological polar surface area (TPSA) is 75.7 Å². The number of sulfonamides is 1. The lowest BCUT2D eigenvalue weighted by molar-refractivity contribution is -0.111. The number of morpholine rings is 1. The van der Waals surface area contributed by atoms with Gasteiger partial charge < -0.3 is 10.1 Å². The van der Waals surface area contributed by atoms with Gasteiger partial charge in [-0.2, -0.15) is 4.31 Å². The second kappa shape index (κ2) is 8.47. The van der Waals surface area contributed by atoms with Crippen molar-refractivity contribution < 1.29 is 17.9 Å². The molecule has 0 bridgehead atoms. The second-order valence-corrected chi connectivity index (χ2v) is 8.16. The zero-order valence-electron chi connectivity index (χ0n) is 15.1. The van der Waals surface area contributed by atoms with Crippen molar-refractivity contribution in [2.45, 2.75) is 11.8 Å². The highest BCUT2D eigenvalue weighted by Gasteiger charge is 2.25. The summed E-state index contributed by atoms with van der Waals surface area (Å²) >= 11 is 0. The first-order valence-electron chi connectivity index (χ1n) is 8.69. The van der Waals surface area contributed by atoms with Gasteiger partial charge in [0, 0.05) is 24.9 Å². The monoisotopic (exact) mass is 386 g/mol. The van der Waals surface area contributed by atoms with E-state index in [1.165, 1.54) is 10.4 Å². The van der Waals surface area contributed by atoms with Crippen LogP contribution in [0.3, 0.4) is 0 Å². The summed E-state index contributed by atoms with van der Waals surface area (Å²) in [5.41, 5.74) is 2.49. The zero-order chi connectivity index (χ0) is 19.3. The number of carbonyl (C=O) groups excluding carboxylic acids is 1. The minimum Gasteiger partial charge on any atom is -0.379 e. The van der Waals surface area contributed by atoms with Crippen molar-refractivity contribution in [2.24, 2.45) is 0 Å². The number of hydrogen-bond donors (Lipinski definition) is 1. The van der Waals surface area contributed by atoms with Gasteiger partial charge >= 0.3 is 0 Å². The zero-order valence-corrected chi connectivity index (χ0v) is 15.9. The van der Waals surface area contributed by atoms with Crippen molar-refractivity contribution in [1.29, 1.82) is 0 Å². The molecule has 1 N–H and O–H groups in total. The summed E-state index contributed by atoms with van der Waals surface area (Å²) in [4.78, 5) is 12.3. The Morgan fingerprint density at radius 3 is 2.41 bits per heavy atom. The molecule has 1 amide bonds. The van der Waals surface area contributed by atoms with Crippen molar-refractivity contribution in [3.05, 3.63) is 65.7 Å². The Labute approximate surface area is 159 Å². The summed E-state index contributed by atoms with van der Waals surface area (Å²) < 4.78 is 31.8. The molecule has 0 unspecified atom stereocenters. The average Bonchev–Trinajstić information content (AvgIpc) is 2.69. The fourth-order valence-electron chi connectivity index (χ4n) is 2.75. The second-order valence-electron chi connectivity index (χ2n) is 6.22. The van der Waals surface area contributed by atoms with Gasteiger partial charge in [0.15, 0.2) is 0 Å². The highest BCUT2D eigenvalue weighted by molar-refractivity contribution is 7.89. The number of anilines is 1. The van der Waals surface area contributed by atoms with E-state index >= 15 is 0 Å². The number of para-hydroxylation sites is 1. The Kier molecular flexibility index (Phi) is 6.05. The fraction of sp³-hybridized carbons (Fsp3) is 0.250. The van der Waals surface area contributed by atoms with Crippen LogP contribution in [0.2, 0.25) is 0 Å². The highest BCUT2D eigenvalue weighted by Crippen LogP contribution is 2.18. The number of amides is 1. The van der Waals surface area contributed by atoms with E-state index in [9.17, 15) is 13.2 Å². The summed E-state index contributed by atoms with van der Waals surface area (Å²) in [5, 5.41) is 2.82. The number of benzene rings is 2. The van der Waals surface area contributed by atoms with E-state index in [4.69, 9.17) is 4.74 Å². The molecule has 142 valence electrons. The number of nitrogens with zero attached hydrogens (tertiary/aromatic N) is 1. The van der Waals surface area contributed by atoms with E-state index in [0.29, 0.717) is 26.3 Å². The number of rotatable bonds is 5. The van der Waals surface area contributed by atoms with Crippen LogP contribution in [-0.2, 0) is 19.6 Å². The fourth-order valence-corrected chi connectivity index (χ4v) is 4.15. The summed E-state index contributed by atoms with van der Waals surface area (Å²) in [6.07, 6.45) is 3.08. The molecule has 1 heterocycles. The van der Waals surface area contributed by atoms with E-state index in [0.717, 1.165) is 16.8 Å². The predicted molar refractivity (Wildman–Crippen MR) is 105 cm³/mol. The lowest BCUT2D eigenvalue weighted by atomic mass is 10.2. The lowest BCUT2D eigenvalue weighted by Crippen LogP contribution is -2.40. The number of hydrogen-bond acceptors (Lipinski definition) is 4. The van der Waals surface area contributed by atoms with Gasteiger partial charge in [-0.3, -0.25) is 4.79 Å². The van der Waals surface area contributed by atoms with Crippen molar-refractivity contribution >= 4 is 27.7 Å². The van der Waals surface area contributed by atoms with Gasteiger partial charge in [0.25, 0.3) is 0 Å². The van der Waals surface area contributed by atoms with Crippen LogP contribution >= 0.6 is 0 Å². The minimum absolute atomic E-state index is 0.241. The van der Waals surface area contributed by atoms with Crippen molar-refractivity contribution in [3.8, 4) is 0 Å². The molecule has 1 aliphatic heterocycles. The molecule has 0 aromatic heterocycles. The molecule has 27 heavy (non-hydrogen) atoms. The van der Waals surface area contributed by atoms with E-state index in [1.807, 2.05) is 31.2 Å². The summed E-state index contributed by atoms with van der Waals surface area (Å²) in [6, 6.07) is 14.0. The van der Waals surface area contributed by atoms with Gasteiger partial charge in [-0.15, -0.1) is 0 Å². The van der Waals surface area contributed by atoms with Crippen LogP contribution in [0.25, 0.3) is 6.08 Å². The Balaban J connectivity index is 1.65. The van der Waals surface area contributed by atoms with Gasteiger partial charge in [0.1, 0.15) is 0 Å². The normalized spacial score (nSPS) is 15.7. The number of aryl methyl sites for hydroxylation is 1. The van der Waals surface area contributed by atoms with E-state index in [-0.39, 0.29) is 10.8 Å².